The molecule has 1 aliphatic heterocycles. The molecule has 3 aromatic rings. The second-order valence-corrected chi connectivity index (χ2v) is 8.50. The number of hydrogen-bond acceptors (Lipinski definition) is 6. The van der Waals surface area contributed by atoms with Gasteiger partial charge in [-0.2, -0.15) is 0 Å². The van der Waals surface area contributed by atoms with Gasteiger partial charge in [0.1, 0.15) is 11.2 Å². The number of carbonyl (C=O) groups excluding carboxylic acids is 1. The summed E-state index contributed by atoms with van der Waals surface area (Å²) in [5.74, 6) is 0.891. The number of anilines is 1. The molecular formula is C20H23N5O2S. The van der Waals surface area contributed by atoms with Crippen molar-refractivity contribution in [3.8, 4) is 0 Å². The molecule has 8 heteroatoms. The summed E-state index contributed by atoms with van der Waals surface area (Å²) in [7, 11) is 0. The van der Waals surface area contributed by atoms with Crippen LogP contribution in [-0.2, 0) is 6.54 Å². The smallest absolute Gasteiger partial charge is 0.270 e. The van der Waals surface area contributed by atoms with Gasteiger partial charge in [0.25, 0.3) is 11.5 Å². The third kappa shape index (κ3) is 3.98. The highest BCUT2D eigenvalue weighted by Gasteiger charge is 2.22. The molecule has 0 aromatic carbocycles. The van der Waals surface area contributed by atoms with Crippen LogP contribution in [0.25, 0.3) is 5.65 Å². The Morgan fingerprint density at radius 1 is 1.29 bits per heavy atom. The average Bonchev–Trinajstić information content (AvgIpc) is 3.08. The number of likely N-dealkylation sites (tertiary alicyclic amines) is 1. The second-order valence-electron chi connectivity index (χ2n) is 7.64. The predicted molar refractivity (Wildman–Crippen MR) is 110 cm³/mol. The summed E-state index contributed by atoms with van der Waals surface area (Å²) in [6.45, 7) is 7.49. The van der Waals surface area contributed by atoms with E-state index < -0.39 is 11.5 Å². The fraction of sp³-hybridized carbons (Fsp3) is 0.400. The quantitative estimate of drug-likeness (QED) is 0.732. The van der Waals surface area contributed by atoms with Crippen molar-refractivity contribution in [1.29, 1.82) is 0 Å². The van der Waals surface area contributed by atoms with Crippen LogP contribution in [0.3, 0.4) is 0 Å². The maximum atomic E-state index is 12.6. The van der Waals surface area contributed by atoms with Crippen LogP contribution in [0.15, 0.2) is 40.8 Å². The van der Waals surface area contributed by atoms with Gasteiger partial charge in [-0.25, -0.2) is 9.97 Å². The molecule has 28 heavy (non-hydrogen) atoms. The summed E-state index contributed by atoms with van der Waals surface area (Å²) in [6.07, 6.45) is 4.19. The molecule has 4 heterocycles. The Balaban J connectivity index is 1.46. The Morgan fingerprint density at radius 3 is 2.86 bits per heavy atom. The molecule has 0 saturated carbocycles. The zero-order chi connectivity index (χ0) is 19.7. The van der Waals surface area contributed by atoms with E-state index in [1.165, 1.54) is 28.4 Å². The number of fused-ring (bicyclic) bond motifs is 1. The van der Waals surface area contributed by atoms with Gasteiger partial charge in [-0.3, -0.25) is 24.2 Å². The van der Waals surface area contributed by atoms with Crippen molar-refractivity contribution in [2.75, 3.05) is 18.4 Å². The van der Waals surface area contributed by atoms with E-state index in [0.717, 1.165) is 25.3 Å². The molecule has 1 aliphatic rings. The molecule has 1 fully saturated rings. The lowest BCUT2D eigenvalue weighted by molar-refractivity contribution is 0.102. The first-order valence-corrected chi connectivity index (χ1v) is 10.3. The third-order valence-electron chi connectivity index (χ3n) is 4.96. The first-order valence-electron chi connectivity index (χ1n) is 9.44. The SMILES string of the molecule is C[C@@H]1C[C@@H](C)CN(Cc2csc(NC(=O)c3cnc4ccccn4c3=O)n2)C1. The standard InChI is InChI=1S/C20H23N5O2S/c1-13-7-14(2)10-24(9-13)11-15-12-28-20(22-15)23-18(26)16-8-21-17-5-3-4-6-25(17)19(16)27/h3-6,8,12-14H,7,9-11H2,1-2H3,(H,22,23,26)/t13-,14-/m1/s1. The fourth-order valence-electron chi connectivity index (χ4n) is 3.93. The van der Waals surface area contributed by atoms with Crippen LogP contribution in [0.2, 0.25) is 0 Å². The minimum Gasteiger partial charge on any atom is -0.298 e. The van der Waals surface area contributed by atoms with Crippen LogP contribution in [0.5, 0.6) is 0 Å². The summed E-state index contributed by atoms with van der Waals surface area (Å²) < 4.78 is 1.36. The number of nitrogens with zero attached hydrogens (tertiary/aromatic N) is 4. The van der Waals surface area contributed by atoms with Crippen LogP contribution in [0.4, 0.5) is 5.13 Å². The lowest BCUT2D eigenvalue weighted by atomic mass is 9.92. The Morgan fingerprint density at radius 2 is 2.07 bits per heavy atom. The molecule has 0 aliphatic carbocycles. The largest absolute Gasteiger partial charge is 0.298 e. The molecular weight excluding hydrogens is 374 g/mol. The number of piperidine rings is 1. The van der Waals surface area contributed by atoms with Gasteiger partial charge >= 0.3 is 0 Å². The van der Waals surface area contributed by atoms with E-state index in [2.05, 4.69) is 34.0 Å². The van der Waals surface area contributed by atoms with Gasteiger partial charge in [0.2, 0.25) is 0 Å². The minimum atomic E-state index is -0.489. The number of aromatic nitrogens is 3. The number of carbonyl (C=O) groups is 1. The molecule has 7 nitrogen and oxygen atoms in total. The van der Waals surface area contributed by atoms with Crippen molar-refractivity contribution < 1.29 is 4.79 Å². The van der Waals surface area contributed by atoms with Crippen LogP contribution in [0, 0.1) is 11.8 Å². The van der Waals surface area contributed by atoms with Gasteiger partial charge in [-0.05, 0) is 30.4 Å². The average molecular weight is 398 g/mol. The predicted octanol–water partition coefficient (Wildman–Crippen LogP) is 2.88. The number of rotatable bonds is 4. The van der Waals surface area contributed by atoms with E-state index in [-0.39, 0.29) is 5.56 Å². The lowest BCUT2D eigenvalue weighted by Gasteiger charge is -2.34. The van der Waals surface area contributed by atoms with Crippen molar-refractivity contribution >= 4 is 28.0 Å². The number of thiazole rings is 1. The number of amides is 1. The molecule has 3 aromatic heterocycles. The Labute approximate surface area is 167 Å². The highest BCUT2D eigenvalue weighted by Crippen LogP contribution is 2.24. The van der Waals surface area contributed by atoms with Gasteiger partial charge < -0.3 is 0 Å². The highest BCUT2D eigenvalue weighted by molar-refractivity contribution is 7.13. The molecule has 1 amide bonds. The number of nitrogens with one attached hydrogen (secondary N) is 1. The highest BCUT2D eigenvalue weighted by atomic mass is 32.1. The molecule has 0 radical (unpaired) electrons. The summed E-state index contributed by atoms with van der Waals surface area (Å²) in [5.41, 5.74) is 1.05. The van der Waals surface area contributed by atoms with E-state index in [1.807, 2.05) is 5.38 Å². The molecule has 0 bridgehead atoms. The molecule has 2 atom stereocenters. The second kappa shape index (κ2) is 7.81. The summed E-state index contributed by atoms with van der Waals surface area (Å²) in [4.78, 5) is 36.2. The fourth-order valence-corrected chi connectivity index (χ4v) is 4.63. The molecule has 0 unspecified atom stereocenters. The molecule has 146 valence electrons. The van der Waals surface area contributed by atoms with Crippen molar-refractivity contribution in [3.05, 3.63) is 57.6 Å². The molecule has 1 N–H and O–H groups in total. The summed E-state index contributed by atoms with van der Waals surface area (Å²) in [5, 5.41) is 5.19. The maximum Gasteiger partial charge on any atom is 0.270 e. The van der Waals surface area contributed by atoms with E-state index in [1.54, 1.807) is 24.4 Å². The van der Waals surface area contributed by atoms with Crippen molar-refractivity contribution in [3.63, 3.8) is 0 Å². The van der Waals surface area contributed by atoms with Gasteiger partial charge in [-0.1, -0.05) is 19.9 Å². The Bertz CT molecular complexity index is 1050. The van der Waals surface area contributed by atoms with Crippen molar-refractivity contribution in [1.82, 2.24) is 19.3 Å². The zero-order valence-corrected chi connectivity index (χ0v) is 16.8. The number of pyridine rings is 1. The van der Waals surface area contributed by atoms with Crippen molar-refractivity contribution in [2.45, 2.75) is 26.8 Å². The molecule has 1 saturated heterocycles. The van der Waals surface area contributed by atoms with Gasteiger partial charge in [0.15, 0.2) is 5.13 Å². The first kappa shape index (κ1) is 18.8. The topological polar surface area (TPSA) is 79.6 Å². The summed E-state index contributed by atoms with van der Waals surface area (Å²) >= 11 is 1.37. The Hall–Kier alpha value is -2.58. The van der Waals surface area contributed by atoms with E-state index in [4.69, 9.17) is 0 Å². The van der Waals surface area contributed by atoms with Crippen LogP contribution in [0.1, 0.15) is 36.3 Å². The van der Waals surface area contributed by atoms with E-state index >= 15 is 0 Å². The lowest BCUT2D eigenvalue weighted by Crippen LogP contribution is -2.38. The van der Waals surface area contributed by atoms with E-state index in [0.29, 0.717) is 22.6 Å². The molecule has 0 spiro atoms. The monoisotopic (exact) mass is 397 g/mol. The number of hydrogen-bond donors (Lipinski definition) is 1. The van der Waals surface area contributed by atoms with Crippen LogP contribution in [-0.4, -0.2) is 38.3 Å². The molecule has 4 rings (SSSR count). The van der Waals surface area contributed by atoms with Gasteiger partial charge in [0.05, 0.1) is 5.69 Å². The first-order chi connectivity index (χ1) is 13.5. The minimum absolute atomic E-state index is 0.000805. The van der Waals surface area contributed by atoms with Gasteiger partial charge in [-0.15, -0.1) is 11.3 Å². The Kier molecular flexibility index (Phi) is 5.23. The van der Waals surface area contributed by atoms with Gasteiger partial charge in [0, 0.05) is 37.4 Å². The van der Waals surface area contributed by atoms with Crippen LogP contribution >= 0.6 is 11.3 Å². The zero-order valence-electron chi connectivity index (χ0n) is 16.0. The van der Waals surface area contributed by atoms with Crippen molar-refractivity contribution in [2.24, 2.45) is 11.8 Å². The third-order valence-corrected chi connectivity index (χ3v) is 5.77. The summed E-state index contributed by atoms with van der Waals surface area (Å²) in [6, 6.07) is 5.24. The maximum absolute atomic E-state index is 12.6. The van der Waals surface area contributed by atoms with Crippen LogP contribution < -0.4 is 10.9 Å². The van der Waals surface area contributed by atoms with E-state index in [9.17, 15) is 9.59 Å². The normalized spacial score (nSPS) is 20.4.